The van der Waals surface area contributed by atoms with E-state index in [9.17, 15) is 9.59 Å². The Kier molecular flexibility index (Phi) is 5.32. The fourth-order valence-electron chi connectivity index (χ4n) is 3.38. The van der Waals surface area contributed by atoms with Crippen LogP contribution in [0.25, 0.3) is 0 Å². The van der Waals surface area contributed by atoms with Crippen molar-refractivity contribution < 1.29 is 18.7 Å². The van der Waals surface area contributed by atoms with E-state index in [1.165, 1.54) is 6.07 Å². The van der Waals surface area contributed by atoms with Gasteiger partial charge in [0.15, 0.2) is 0 Å². The number of carbonyl (C=O) groups excluding carboxylic acids is 2. The third kappa shape index (κ3) is 3.96. The number of hydrogen-bond acceptors (Lipinski definition) is 4. The van der Waals surface area contributed by atoms with Gasteiger partial charge < -0.3 is 15.4 Å². The molecule has 0 spiro atoms. The Balaban J connectivity index is 1.73. The summed E-state index contributed by atoms with van der Waals surface area (Å²) >= 11 is 0. The maximum atomic E-state index is 15.4. The van der Waals surface area contributed by atoms with Gasteiger partial charge in [0.25, 0.3) is 5.91 Å². The predicted octanol–water partition coefficient (Wildman–Crippen LogP) is 3.43. The van der Waals surface area contributed by atoms with Crippen LogP contribution in [0.3, 0.4) is 0 Å². The summed E-state index contributed by atoms with van der Waals surface area (Å²) in [7, 11) is 0. The summed E-state index contributed by atoms with van der Waals surface area (Å²) < 4.78 is 20.2. The number of alkyl halides is 1. The van der Waals surface area contributed by atoms with Crippen molar-refractivity contribution in [3.63, 3.8) is 0 Å². The second-order valence-corrected chi connectivity index (χ2v) is 6.84. The number of likely N-dealkylation sites (tertiary alicyclic amines) is 1. The summed E-state index contributed by atoms with van der Waals surface area (Å²) in [6, 6.07) is 13.2. The molecule has 1 aliphatic heterocycles. The zero-order valence-electron chi connectivity index (χ0n) is 15.4. The minimum atomic E-state index is -1.53. The summed E-state index contributed by atoms with van der Waals surface area (Å²) in [5.41, 5.74) is 5.61. The highest BCUT2D eigenvalue weighted by molar-refractivity contribution is 5.96. The molecule has 1 fully saturated rings. The molecule has 1 saturated heterocycles. The molecule has 1 aliphatic rings. The molecule has 28 heavy (non-hydrogen) atoms. The van der Waals surface area contributed by atoms with Gasteiger partial charge >= 0.3 is 6.09 Å². The first-order valence-electron chi connectivity index (χ1n) is 8.89. The van der Waals surface area contributed by atoms with Gasteiger partial charge in [0.1, 0.15) is 11.4 Å². The van der Waals surface area contributed by atoms with Crippen molar-refractivity contribution in [2.75, 3.05) is 13.1 Å². The number of rotatable bonds is 3. The lowest BCUT2D eigenvalue weighted by molar-refractivity contribution is 0.0420. The minimum absolute atomic E-state index is 0.168. The topological polar surface area (TPSA) is 96.4 Å². The average Bonchev–Trinajstić information content (AvgIpc) is 2.69. The van der Waals surface area contributed by atoms with E-state index in [0.29, 0.717) is 16.7 Å². The van der Waals surface area contributed by atoms with Gasteiger partial charge in [-0.05, 0) is 42.3 Å². The van der Waals surface area contributed by atoms with Gasteiger partial charge in [-0.2, -0.15) is 5.26 Å². The van der Waals surface area contributed by atoms with Crippen LogP contribution in [0.2, 0.25) is 0 Å². The molecule has 2 aromatic rings. The lowest BCUT2D eigenvalue weighted by Crippen LogP contribution is -2.43. The summed E-state index contributed by atoms with van der Waals surface area (Å²) in [6.07, 6.45) is -0.618. The second kappa shape index (κ2) is 7.69. The lowest BCUT2D eigenvalue weighted by Gasteiger charge is -2.37. The highest BCUT2D eigenvalue weighted by Crippen LogP contribution is 2.37. The number of hydrogen-bond donors (Lipinski definition) is 1. The molecule has 0 aliphatic carbocycles. The first kappa shape index (κ1) is 19.4. The molecule has 6 nitrogen and oxygen atoms in total. The quantitative estimate of drug-likeness (QED) is 0.881. The Hall–Kier alpha value is -3.40. The van der Waals surface area contributed by atoms with Crippen LogP contribution in [0, 0.1) is 18.3 Å². The number of benzene rings is 2. The molecule has 2 amide bonds. The van der Waals surface area contributed by atoms with Crippen LogP contribution < -0.4 is 10.5 Å². The number of carbonyl (C=O) groups is 2. The molecule has 0 radical (unpaired) electrons. The van der Waals surface area contributed by atoms with Crippen molar-refractivity contribution in [1.82, 2.24) is 4.90 Å². The van der Waals surface area contributed by atoms with E-state index in [1.807, 2.05) is 6.07 Å². The van der Waals surface area contributed by atoms with Crippen molar-refractivity contribution in [2.24, 2.45) is 5.73 Å². The highest BCUT2D eigenvalue weighted by atomic mass is 19.1. The van der Waals surface area contributed by atoms with Crippen LogP contribution in [-0.4, -0.2) is 30.0 Å². The fraction of sp³-hybridized carbons (Fsp3) is 0.286. The molecule has 0 aromatic heterocycles. The Morgan fingerprint density at radius 1 is 1.18 bits per heavy atom. The third-order valence-corrected chi connectivity index (χ3v) is 5.03. The zero-order chi connectivity index (χ0) is 20.3. The number of nitrogens with zero attached hydrogens (tertiary/aromatic N) is 2. The van der Waals surface area contributed by atoms with Crippen LogP contribution in [0.15, 0.2) is 42.5 Å². The average molecular weight is 381 g/mol. The first-order chi connectivity index (χ1) is 13.3. The largest absolute Gasteiger partial charge is 0.410 e. The monoisotopic (exact) mass is 381 g/mol. The SMILES string of the molecule is Cc1ccc(OC(N)=O)cc1C(=O)N1CCC(F)(c2ccc(C#N)cc2)CC1. The first-order valence-corrected chi connectivity index (χ1v) is 8.89. The summed E-state index contributed by atoms with van der Waals surface area (Å²) in [5, 5.41) is 8.87. The minimum Gasteiger partial charge on any atom is -0.410 e. The summed E-state index contributed by atoms with van der Waals surface area (Å²) in [4.78, 5) is 25.4. The van der Waals surface area contributed by atoms with E-state index in [-0.39, 0.29) is 37.6 Å². The molecular formula is C21H20FN3O3. The van der Waals surface area contributed by atoms with Gasteiger partial charge in [-0.25, -0.2) is 9.18 Å². The lowest BCUT2D eigenvalue weighted by atomic mass is 9.85. The van der Waals surface area contributed by atoms with Gasteiger partial charge in [0.2, 0.25) is 0 Å². The van der Waals surface area contributed by atoms with E-state index < -0.39 is 11.8 Å². The summed E-state index contributed by atoms with van der Waals surface area (Å²) in [6.45, 7) is 2.30. The number of halogens is 1. The molecule has 1 heterocycles. The molecule has 144 valence electrons. The van der Waals surface area contributed by atoms with Crippen LogP contribution in [-0.2, 0) is 5.67 Å². The summed E-state index contributed by atoms with van der Waals surface area (Å²) in [5.74, 6) is -0.0508. The van der Waals surface area contributed by atoms with Gasteiger partial charge in [-0.1, -0.05) is 18.2 Å². The van der Waals surface area contributed by atoms with Crippen molar-refractivity contribution >= 4 is 12.0 Å². The molecule has 0 bridgehead atoms. The second-order valence-electron chi connectivity index (χ2n) is 6.84. The molecule has 0 atom stereocenters. The van der Waals surface area contributed by atoms with Gasteiger partial charge in [0.05, 0.1) is 11.6 Å². The Morgan fingerprint density at radius 3 is 2.39 bits per heavy atom. The smallest absolute Gasteiger partial charge is 0.409 e. The number of primary amides is 1. The van der Waals surface area contributed by atoms with Crippen LogP contribution in [0.5, 0.6) is 5.75 Å². The molecule has 2 N–H and O–H groups in total. The van der Waals surface area contributed by atoms with Gasteiger partial charge in [-0.15, -0.1) is 0 Å². The third-order valence-electron chi connectivity index (χ3n) is 5.03. The van der Waals surface area contributed by atoms with Crippen LogP contribution in [0.4, 0.5) is 9.18 Å². The Bertz CT molecular complexity index is 942. The van der Waals surface area contributed by atoms with Crippen molar-refractivity contribution in [3.8, 4) is 11.8 Å². The Labute approximate surface area is 162 Å². The standard InChI is InChI=1S/C21H20FN3O3/c1-14-2-7-17(28-20(24)27)12-18(14)19(26)25-10-8-21(22,9-11-25)16-5-3-15(13-23)4-6-16/h2-7,12H,8-11H2,1H3,(H2,24,27). The number of amides is 2. The van der Waals surface area contributed by atoms with E-state index >= 15 is 4.39 Å². The fourth-order valence-corrected chi connectivity index (χ4v) is 3.38. The van der Waals surface area contributed by atoms with E-state index in [4.69, 9.17) is 15.7 Å². The normalized spacial score (nSPS) is 15.5. The number of piperidine rings is 1. The zero-order valence-corrected chi connectivity index (χ0v) is 15.4. The van der Waals surface area contributed by atoms with Crippen molar-refractivity contribution in [2.45, 2.75) is 25.4 Å². The van der Waals surface area contributed by atoms with Gasteiger partial charge in [0, 0.05) is 31.5 Å². The molecule has 0 unspecified atom stereocenters. The predicted molar refractivity (Wildman–Crippen MR) is 100 cm³/mol. The molecular weight excluding hydrogens is 361 g/mol. The Morgan fingerprint density at radius 2 is 1.82 bits per heavy atom. The van der Waals surface area contributed by atoms with E-state index in [1.54, 1.807) is 48.2 Å². The maximum Gasteiger partial charge on any atom is 0.409 e. The number of aryl methyl sites for hydroxylation is 1. The van der Waals surface area contributed by atoms with E-state index in [0.717, 1.165) is 5.56 Å². The maximum absolute atomic E-state index is 15.4. The number of nitriles is 1. The van der Waals surface area contributed by atoms with Crippen LogP contribution >= 0.6 is 0 Å². The molecule has 0 saturated carbocycles. The molecule has 3 rings (SSSR count). The van der Waals surface area contributed by atoms with Crippen molar-refractivity contribution in [1.29, 1.82) is 5.26 Å². The molecule has 7 heteroatoms. The highest BCUT2D eigenvalue weighted by Gasteiger charge is 2.37. The van der Waals surface area contributed by atoms with Crippen LogP contribution in [0.1, 0.15) is 39.9 Å². The van der Waals surface area contributed by atoms with E-state index in [2.05, 4.69) is 0 Å². The number of nitrogens with two attached hydrogens (primary N) is 1. The van der Waals surface area contributed by atoms with Crippen molar-refractivity contribution in [3.05, 3.63) is 64.7 Å². The molecule has 2 aromatic carbocycles. The van der Waals surface area contributed by atoms with Gasteiger partial charge in [-0.3, -0.25) is 4.79 Å². The number of ether oxygens (including phenoxy) is 1.